The van der Waals surface area contributed by atoms with Gasteiger partial charge in [-0.3, -0.25) is 0 Å². The van der Waals surface area contributed by atoms with Crippen LogP contribution in [0.1, 0.15) is 75.3 Å². The van der Waals surface area contributed by atoms with E-state index in [2.05, 4.69) is 12.2 Å². The molecule has 2 saturated carbocycles. The van der Waals surface area contributed by atoms with E-state index in [1.807, 2.05) is 6.92 Å². The molecule has 0 amide bonds. The fourth-order valence-corrected chi connectivity index (χ4v) is 6.14. The monoisotopic (exact) mass is 498 g/mol. The Kier molecular flexibility index (Phi) is 7.62. The van der Waals surface area contributed by atoms with Crippen LogP contribution in [0.25, 0.3) is 11.1 Å². The van der Waals surface area contributed by atoms with Gasteiger partial charge in [0.25, 0.3) is 0 Å². The van der Waals surface area contributed by atoms with E-state index in [-0.39, 0.29) is 5.92 Å². The maximum atomic E-state index is 15.0. The fourth-order valence-electron chi connectivity index (χ4n) is 6.14. The lowest BCUT2D eigenvalue weighted by Crippen LogP contribution is -2.30. The second-order valence-electron chi connectivity index (χ2n) is 10.0. The van der Waals surface area contributed by atoms with Crippen LogP contribution in [0.15, 0.2) is 36.4 Å². The second kappa shape index (κ2) is 10.4. The van der Waals surface area contributed by atoms with Gasteiger partial charge in [0, 0.05) is 0 Å². The molecule has 0 N–H and O–H groups in total. The Morgan fingerprint density at radius 1 is 0.800 bits per heavy atom. The molecule has 4 atom stereocenters. The molecule has 2 aromatic rings. The summed E-state index contributed by atoms with van der Waals surface area (Å²) in [5.74, 6) is -4.04. The summed E-state index contributed by atoms with van der Waals surface area (Å²) >= 11 is 0. The van der Waals surface area contributed by atoms with E-state index in [9.17, 15) is 30.7 Å². The molecule has 4 rings (SSSR count). The summed E-state index contributed by atoms with van der Waals surface area (Å²) in [6.45, 7) is 2.02. The predicted octanol–water partition coefficient (Wildman–Crippen LogP) is 9.59. The van der Waals surface area contributed by atoms with Gasteiger partial charge in [0.15, 0.2) is 0 Å². The number of allylic oxidation sites excluding steroid dienone is 2. The molecule has 2 aromatic carbocycles. The van der Waals surface area contributed by atoms with Crippen molar-refractivity contribution >= 4 is 0 Å². The van der Waals surface area contributed by atoms with Crippen molar-refractivity contribution < 1.29 is 30.7 Å². The van der Waals surface area contributed by atoms with Crippen LogP contribution in [0, 0.1) is 41.0 Å². The molecule has 35 heavy (non-hydrogen) atoms. The smallest absolute Gasteiger partial charge is 0.206 e. The summed E-state index contributed by atoms with van der Waals surface area (Å²) in [6, 6.07) is 2.99. The Morgan fingerprint density at radius 2 is 1.40 bits per heavy atom. The molecule has 2 fully saturated rings. The molecule has 0 saturated heterocycles. The van der Waals surface area contributed by atoms with Crippen molar-refractivity contribution in [2.24, 2.45) is 17.8 Å². The summed E-state index contributed by atoms with van der Waals surface area (Å²) in [7, 11) is 0. The van der Waals surface area contributed by atoms with Crippen LogP contribution < -0.4 is 0 Å². The Balaban J connectivity index is 1.51. The predicted molar refractivity (Wildman–Crippen MR) is 122 cm³/mol. The summed E-state index contributed by atoms with van der Waals surface area (Å²) in [5.41, 5.74) is -2.91. The van der Waals surface area contributed by atoms with Crippen molar-refractivity contribution in [1.29, 1.82) is 0 Å². The molecule has 4 unspecified atom stereocenters. The van der Waals surface area contributed by atoms with Gasteiger partial charge in [-0.15, -0.1) is 0 Å². The van der Waals surface area contributed by atoms with Crippen LogP contribution in [0.5, 0.6) is 0 Å². The quantitative estimate of drug-likeness (QED) is 0.284. The standard InChI is InChI=1S/C28H29F7/c1-2-3-4-5-16-6-7-18-11-19(9-8-17(18)10-16)20-12-22(29)26(23(30)13-20)21-14-24(31)27(25(32)15-21)28(33,34)35/h2-3,12-19H,4-11H2,1H3/b3-2+. The van der Waals surface area contributed by atoms with Gasteiger partial charge in [0.1, 0.15) is 28.8 Å². The van der Waals surface area contributed by atoms with Gasteiger partial charge in [-0.2, -0.15) is 13.2 Å². The number of benzene rings is 2. The van der Waals surface area contributed by atoms with Gasteiger partial charge in [-0.05, 0) is 111 Å². The van der Waals surface area contributed by atoms with Crippen LogP contribution in [0.4, 0.5) is 30.7 Å². The maximum Gasteiger partial charge on any atom is 0.422 e. The van der Waals surface area contributed by atoms with Crippen LogP contribution in [-0.2, 0) is 6.18 Å². The zero-order valence-electron chi connectivity index (χ0n) is 19.6. The van der Waals surface area contributed by atoms with Crippen molar-refractivity contribution in [2.45, 2.75) is 70.4 Å². The average molecular weight is 499 g/mol. The fraction of sp³-hybridized carbons (Fsp3) is 0.500. The second-order valence-corrected chi connectivity index (χ2v) is 10.0. The Bertz CT molecular complexity index is 1040. The molecule has 0 bridgehead atoms. The Morgan fingerprint density at radius 3 is 2.00 bits per heavy atom. The molecule has 2 aliphatic rings. The molecule has 0 nitrogen and oxygen atoms in total. The number of fused-ring (bicyclic) bond motifs is 1. The lowest BCUT2D eigenvalue weighted by molar-refractivity contribution is -0.142. The lowest BCUT2D eigenvalue weighted by atomic mass is 9.63. The number of alkyl halides is 3. The lowest BCUT2D eigenvalue weighted by Gasteiger charge is -2.42. The minimum absolute atomic E-state index is 0.0186. The van der Waals surface area contributed by atoms with Gasteiger partial charge in [0.05, 0.1) is 5.56 Å². The van der Waals surface area contributed by atoms with Crippen LogP contribution in [0.2, 0.25) is 0 Å². The first kappa shape index (κ1) is 25.8. The molecule has 0 aliphatic heterocycles. The van der Waals surface area contributed by atoms with Crippen LogP contribution in [-0.4, -0.2) is 0 Å². The minimum atomic E-state index is -5.25. The van der Waals surface area contributed by atoms with Gasteiger partial charge < -0.3 is 0 Å². The van der Waals surface area contributed by atoms with Gasteiger partial charge in [-0.25, -0.2) is 17.6 Å². The van der Waals surface area contributed by atoms with Gasteiger partial charge >= 0.3 is 6.18 Å². The zero-order valence-corrected chi connectivity index (χ0v) is 19.6. The third kappa shape index (κ3) is 5.59. The highest BCUT2D eigenvalue weighted by Gasteiger charge is 2.39. The third-order valence-electron chi connectivity index (χ3n) is 7.85. The van der Waals surface area contributed by atoms with Crippen molar-refractivity contribution in [3.8, 4) is 11.1 Å². The highest BCUT2D eigenvalue weighted by atomic mass is 19.4. The summed E-state index contributed by atoms with van der Waals surface area (Å²) in [5, 5.41) is 0. The Hall–Kier alpha value is -2.31. The van der Waals surface area contributed by atoms with E-state index in [4.69, 9.17) is 0 Å². The van der Waals surface area contributed by atoms with E-state index < -0.39 is 46.1 Å². The van der Waals surface area contributed by atoms with Crippen molar-refractivity contribution in [3.05, 3.63) is 70.8 Å². The summed E-state index contributed by atoms with van der Waals surface area (Å²) in [4.78, 5) is 0. The van der Waals surface area contributed by atoms with E-state index >= 15 is 0 Å². The summed E-state index contributed by atoms with van der Waals surface area (Å²) < 4.78 is 96.4. The number of rotatable bonds is 5. The normalized spacial score (nSPS) is 25.1. The first-order valence-corrected chi connectivity index (χ1v) is 12.2. The highest BCUT2D eigenvalue weighted by molar-refractivity contribution is 5.66. The first-order chi connectivity index (χ1) is 16.6. The van der Waals surface area contributed by atoms with E-state index in [0.717, 1.165) is 44.4 Å². The Labute approximate surface area is 201 Å². The molecular formula is C28H29F7. The molecule has 0 heterocycles. The van der Waals surface area contributed by atoms with Crippen LogP contribution >= 0.6 is 0 Å². The van der Waals surface area contributed by atoms with Crippen LogP contribution in [0.3, 0.4) is 0 Å². The van der Waals surface area contributed by atoms with E-state index in [0.29, 0.717) is 29.5 Å². The molecule has 7 heteroatoms. The number of hydrogen-bond donors (Lipinski definition) is 0. The first-order valence-electron chi connectivity index (χ1n) is 12.2. The molecule has 0 aromatic heterocycles. The van der Waals surface area contributed by atoms with E-state index in [1.54, 1.807) is 0 Å². The molecule has 2 aliphatic carbocycles. The minimum Gasteiger partial charge on any atom is -0.206 e. The van der Waals surface area contributed by atoms with E-state index in [1.165, 1.54) is 25.0 Å². The topological polar surface area (TPSA) is 0 Å². The number of halogens is 7. The molecule has 0 spiro atoms. The van der Waals surface area contributed by atoms with Crippen molar-refractivity contribution in [1.82, 2.24) is 0 Å². The third-order valence-corrected chi connectivity index (χ3v) is 7.85. The van der Waals surface area contributed by atoms with Gasteiger partial charge in [0.2, 0.25) is 0 Å². The highest BCUT2D eigenvalue weighted by Crippen LogP contribution is 2.49. The SMILES string of the molecule is C/C=C/CCC1CCC2CC(c3cc(F)c(-c4cc(F)c(C(F)(F)F)c(F)c4)c(F)c3)CCC2C1. The van der Waals surface area contributed by atoms with Gasteiger partial charge in [-0.1, -0.05) is 18.6 Å². The van der Waals surface area contributed by atoms with Crippen molar-refractivity contribution in [3.63, 3.8) is 0 Å². The largest absolute Gasteiger partial charge is 0.422 e. The zero-order chi connectivity index (χ0) is 25.3. The maximum absolute atomic E-state index is 15.0. The molecular weight excluding hydrogens is 469 g/mol. The summed E-state index contributed by atoms with van der Waals surface area (Å²) in [6.07, 6.45) is 7.42. The number of hydrogen-bond acceptors (Lipinski definition) is 0. The molecule has 190 valence electrons. The van der Waals surface area contributed by atoms with Crippen molar-refractivity contribution in [2.75, 3.05) is 0 Å². The molecule has 0 radical (unpaired) electrons. The average Bonchev–Trinajstić information content (AvgIpc) is 2.77.